The number of benzene rings is 6. The minimum absolute atomic E-state index is 0. The molecule has 420 valence electrons. The van der Waals surface area contributed by atoms with Crippen LogP contribution in [-0.2, 0) is 41.0 Å². The third-order valence-corrected chi connectivity index (χ3v) is 15.8. The maximum Gasteiger partial charge on any atom is 1.00 e. The van der Waals surface area contributed by atoms with Crippen LogP contribution in [0.5, 0.6) is 0 Å². The molecule has 81 heavy (non-hydrogen) atoms. The largest absolute Gasteiger partial charge is 1.00 e. The molecule has 0 amide bonds. The molecule has 8 aromatic rings. The number of hydrogen-bond donors (Lipinski definition) is 1. The summed E-state index contributed by atoms with van der Waals surface area (Å²) in [5, 5.41) is 3.87. The first-order valence-corrected chi connectivity index (χ1v) is 30.9. The van der Waals surface area contributed by atoms with E-state index in [2.05, 4.69) is 60.8 Å². The minimum atomic E-state index is -4.49. The Labute approximate surface area is 503 Å². The first kappa shape index (κ1) is 63.0. The van der Waals surface area contributed by atoms with Gasteiger partial charge in [0, 0.05) is 13.2 Å². The first-order chi connectivity index (χ1) is 39.4. The molecule has 1 N–H and O–H groups in total. The van der Waals surface area contributed by atoms with Crippen molar-refractivity contribution in [1.29, 1.82) is 0 Å². The Hall–Kier alpha value is -5.56. The van der Waals surface area contributed by atoms with Gasteiger partial charge in [0.15, 0.2) is 19.1 Å². The summed E-state index contributed by atoms with van der Waals surface area (Å²) < 4.78 is 40.7. The van der Waals surface area contributed by atoms with Crippen molar-refractivity contribution >= 4 is 24.6 Å². The van der Waals surface area contributed by atoms with Crippen LogP contribution in [0, 0.1) is 0 Å². The molecule has 11 nitrogen and oxygen atoms in total. The van der Waals surface area contributed by atoms with Crippen LogP contribution < -0.4 is 39.8 Å². The Bertz CT molecular complexity index is 2860. The zero-order valence-electron chi connectivity index (χ0n) is 47.7. The van der Waals surface area contributed by atoms with Gasteiger partial charge in [-0.3, -0.25) is 0 Å². The van der Waals surface area contributed by atoms with Crippen LogP contribution in [0.25, 0.3) is 11.2 Å². The number of ether oxygens (including phenoxy) is 3. The van der Waals surface area contributed by atoms with E-state index in [1.807, 2.05) is 150 Å². The van der Waals surface area contributed by atoms with E-state index in [0.29, 0.717) is 36.6 Å². The summed E-state index contributed by atoms with van der Waals surface area (Å²) in [7, 11) is -4.49. The molecule has 0 aliphatic heterocycles. The zero-order chi connectivity index (χ0) is 55.4. The average Bonchev–Trinajstić information content (AvgIpc) is 3.98. The summed E-state index contributed by atoms with van der Waals surface area (Å²) in [5.74, 6) is 0.514. The second-order valence-electron chi connectivity index (χ2n) is 20.6. The van der Waals surface area contributed by atoms with Crippen LogP contribution >= 0.6 is 7.60 Å². The monoisotopic (exact) mass is 1120 g/mol. The molecule has 0 aliphatic rings. The second kappa shape index (κ2) is 34.1. The predicted molar refractivity (Wildman–Crippen MR) is 322 cm³/mol. The number of nitrogens with one attached hydrogen (secondary N) is 1. The van der Waals surface area contributed by atoms with Crippen LogP contribution in [-0.4, -0.2) is 58.4 Å². The molecule has 0 spiro atoms. The number of rotatable bonds is 37. The number of aromatic nitrogens is 4. The molecule has 1 unspecified atom stereocenters. The standard InChI is InChI=1S/C68H82N5O6P.Na/c1-2-3-4-5-6-7-8-9-10-11-12-13-14-15-16-35-49-76-50-36-51-79-80(74,75)56-77-63(53-78-68(60-43-29-20-30-44-60,61-45-31-21-32-46-61)62-47-33-22-34-48-62)52-73-55-71-64-65(69-54-70-66(64)73)72-67(57-37-23-17-24-38-57,58-39-25-18-26-40-58)59-41-27-19-28-42-59;/h9-10,17-34,37-48,54-55,63H,2-8,11-16,35-36,49-53,56H2,1H3,(H,74,75)(H,69,70,72);/q;+1/p-1/b10-9-;/t63-;/m0./s1. The smallest absolute Gasteiger partial charge is 0.777 e. The molecule has 2 aromatic heterocycles. The molecule has 13 heteroatoms. The maximum atomic E-state index is 13.7. The van der Waals surface area contributed by atoms with Crippen molar-refractivity contribution in [2.24, 2.45) is 0 Å². The quantitative estimate of drug-likeness (QED) is 0.0132. The van der Waals surface area contributed by atoms with Crippen molar-refractivity contribution < 1.29 is 57.8 Å². The molecule has 2 atom stereocenters. The van der Waals surface area contributed by atoms with E-state index in [-0.39, 0.29) is 49.3 Å². The maximum absolute atomic E-state index is 13.7. The van der Waals surface area contributed by atoms with E-state index in [1.54, 1.807) is 6.33 Å². The van der Waals surface area contributed by atoms with Crippen molar-refractivity contribution in [2.75, 3.05) is 38.1 Å². The number of unbranched alkanes of at least 4 members (excludes halogenated alkanes) is 12. The van der Waals surface area contributed by atoms with Crippen LogP contribution in [0.3, 0.4) is 0 Å². The van der Waals surface area contributed by atoms with Crippen molar-refractivity contribution in [2.45, 2.75) is 127 Å². The molecule has 0 radical (unpaired) electrons. The molecule has 0 bridgehead atoms. The van der Waals surface area contributed by atoms with Crippen molar-refractivity contribution in [3.8, 4) is 0 Å². The second-order valence-corrected chi connectivity index (χ2v) is 22.4. The third-order valence-electron chi connectivity index (χ3n) is 14.7. The molecule has 0 saturated heterocycles. The van der Waals surface area contributed by atoms with Crippen LogP contribution in [0.15, 0.2) is 207 Å². The van der Waals surface area contributed by atoms with E-state index < -0.39 is 31.2 Å². The number of imidazole rings is 1. The summed E-state index contributed by atoms with van der Waals surface area (Å²) >= 11 is 0. The molecule has 0 saturated carbocycles. The molecule has 0 fully saturated rings. The first-order valence-electron chi connectivity index (χ1n) is 29.1. The van der Waals surface area contributed by atoms with Gasteiger partial charge in [0.25, 0.3) is 0 Å². The Kier molecular flexibility index (Phi) is 26.6. The van der Waals surface area contributed by atoms with Gasteiger partial charge in [0.1, 0.15) is 29.3 Å². The number of fused-ring (bicyclic) bond motifs is 1. The number of hydrogen-bond acceptors (Lipinski definition) is 10. The van der Waals surface area contributed by atoms with Crippen molar-refractivity contribution in [1.82, 2.24) is 19.5 Å². The van der Waals surface area contributed by atoms with Gasteiger partial charge < -0.3 is 38.1 Å². The molecular formula is C68H81N5NaO6P. The van der Waals surface area contributed by atoms with Gasteiger partial charge >= 0.3 is 29.6 Å². The SMILES string of the molecule is CCCCCCCC/C=C\CCCCCCCCOCCCOP(=O)([O-])CO[C@H](COC(c1ccccc1)(c1ccccc1)c1ccccc1)Cn1cnc2c(NC(c3ccccc3)(c3ccccc3)c3ccccc3)ncnc21.[Na+]. The summed E-state index contributed by atoms with van der Waals surface area (Å²) in [4.78, 5) is 28.2. The van der Waals surface area contributed by atoms with Gasteiger partial charge in [-0.1, -0.05) is 259 Å². The summed E-state index contributed by atoms with van der Waals surface area (Å²) in [5.41, 5.74) is 4.81. The number of allylic oxidation sites excluding steroid dienone is 2. The zero-order valence-corrected chi connectivity index (χ0v) is 50.6. The molecular weight excluding hydrogens is 1040 g/mol. The minimum Gasteiger partial charge on any atom is -0.777 e. The van der Waals surface area contributed by atoms with E-state index in [9.17, 15) is 9.46 Å². The van der Waals surface area contributed by atoms with Gasteiger partial charge in [-0.15, -0.1) is 0 Å². The summed E-state index contributed by atoms with van der Waals surface area (Å²) in [6.07, 6.45) is 24.5. The molecule has 0 aliphatic carbocycles. The Morgan fingerprint density at radius 1 is 0.556 bits per heavy atom. The fourth-order valence-corrected chi connectivity index (χ4v) is 11.5. The van der Waals surface area contributed by atoms with Crippen molar-refractivity contribution in [3.63, 3.8) is 0 Å². The number of anilines is 1. The van der Waals surface area contributed by atoms with E-state index >= 15 is 0 Å². The molecule has 2 heterocycles. The third kappa shape index (κ3) is 18.2. The van der Waals surface area contributed by atoms with Crippen molar-refractivity contribution in [3.05, 3.63) is 240 Å². The van der Waals surface area contributed by atoms with E-state index in [1.165, 1.54) is 83.4 Å². The van der Waals surface area contributed by atoms with Gasteiger partial charge in [-0.2, -0.15) is 0 Å². The fourth-order valence-electron chi connectivity index (χ4n) is 10.6. The average molecular weight is 1120 g/mol. The van der Waals surface area contributed by atoms with E-state index in [4.69, 9.17) is 33.7 Å². The summed E-state index contributed by atoms with van der Waals surface area (Å²) in [6, 6.07) is 61.1. The Morgan fingerprint density at radius 2 is 1.00 bits per heavy atom. The Balaban J connectivity index is 0.00000946. The molecule has 6 aromatic carbocycles. The van der Waals surface area contributed by atoms with E-state index in [0.717, 1.165) is 46.2 Å². The van der Waals surface area contributed by atoms with Gasteiger partial charge in [-0.25, -0.2) is 15.0 Å². The summed E-state index contributed by atoms with van der Waals surface area (Å²) in [6.45, 7) is 3.43. The fraction of sp³-hybridized carbons (Fsp3) is 0.368. The van der Waals surface area contributed by atoms with Crippen LogP contribution in [0.4, 0.5) is 5.82 Å². The van der Waals surface area contributed by atoms with Gasteiger partial charge in [-0.05, 0) is 71.9 Å². The van der Waals surface area contributed by atoms with Crippen LogP contribution in [0.2, 0.25) is 0 Å². The predicted octanol–water partition coefficient (Wildman–Crippen LogP) is 12.6. The van der Waals surface area contributed by atoms with Gasteiger partial charge in [0.2, 0.25) is 0 Å². The number of nitrogens with zero attached hydrogens (tertiary/aromatic N) is 4. The molecule has 8 rings (SSSR count). The normalized spacial score (nSPS) is 13.0. The Morgan fingerprint density at radius 3 is 1.49 bits per heavy atom. The van der Waals surface area contributed by atoms with Gasteiger partial charge in [0.05, 0.1) is 32.2 Å². The van der Waals surface area contributed by atoms with Crippen LogP contribution in [0.1, 0.15) is 137 Å². The topological polar surface area (TPSA) is 133 Å².